The molecule has 0 fully saturated rings. The second kappa shape index (κ2) is 5.47. The Hall–Kier alpha value is -1.85. The monoisotopic (exact) mass is 239 g/mol. The molecule has 0 bridgehead atoms. The van der Waals surface area contributed by atoms with Gasteiger partial charge in [0.05, 0.1) is 6.54 Å². The highest BCUT2D eigenvalue weighted by Crippen LogP contribution is 1.81. The van der Waals surface area contributed by atoms with Crippen molar-refractivity contribution in [3.8, 4) is 0 Å². The number of allylic oxidation sites excluding steroid dienone is 1. The van der Waals surface area contributed by atoms with Crippen molar-refractivity contribution in [1.29, 1.82) is 0 Å². The molecule has 17 heavy (non-hydrogen) atoms. The molecule has 1 rings (SSSR count). The SMILES string of the molecule is C=CCn1c(=O)n(CC)c(=O)n(CCC)c1=O. The summed E-state index contributed by atoms with van der Waals surface area (Å²) in [5.41, 5.74) is -1.68. The van der Waals surface area contributed by atoms with Crippen molar-refractivity contribution in [3.05, 3.63) is 44.1 Å². The molecule has 1 aromatic rings. The van der Waals surface area contributed by atoms with Crippen molar-refractivity contribution in [2.45, 2.75) is 39.9 Å². The minimum absolute atomic E-state index is 0.113. The summed E-state index contributed by atoms with van der Waals surface area (Å²) in [6.07, 6.45) is 2.12. The average molecular weight is 239 g/mol. The van der Waals surface area contributed by atoms with E-state index >= 15 is 0 Å². The van der Waals surface area contributed by atoms with Crippen LogP contribution in [0.3, 0.4) is 0 Å². The molecule has 1 heterocycles. The summed E-state index contributed by atoms with van der Waals surface area (Å²) in [5, 5.41) is 0. The lowest BCUT2D eigenvalue weighted by Crippen LogP contribution is -2.54. The molecule has 6 nitrogen and oxygen atoms in total. The zero-order valence-corrected chi connectivity index (χ0v) is 10.2. The van der Waals surface area contributed by atoms with Crippen molar-refractivity contribution in [2.75, 3.05) is 0 Å². The van der Waals surface area contributed by atoms with Crippen LogP contribution in [0.4, 0.5) is 0 Å². The van der Waals surface area contributed by atoms with Gasteiger partial charge in [-0.15, -0.1) is 6.58 Å². The third kappa shape index (κ3) is 2.30. The molecule has 0 amide bonds. The molecule has 6 heteroatoms. The second-order valence-corrected chi connectivity index (χ2v) is 3.64. The molecule has 0 atom stereocenters. The highest BCUT2D eigenvalue weighted by atomic mass is 16.2. The smallest absolute Gasteiger partial charge is 0.247 e. The Morgan fingerprint density at radius 1 is 1.00 bits per heavy atom. The first kappa shape index (κ1) is 13.2. The van der Waals surface area contributed by atoms with Crippen LogP contribution in [-0.4, -0.2) is 13.7 Å². The van der Waals surface area contributed by atoms with Crippen molar-refractivity contribution in [2.24, 2.45) is 0 Å². The van der Waals surface area contributed by atoms with Crippen LogP contribution in [0.1, 0.15) is 20.3 Å². The highest BCUT2D eigenvalue weighted by molar-refractivity contribution is 4.81. The molecular formula is C11H17N3O3. The van der Waals surface area contributed by atoms with Gasteiger partial charge in [-0.2, -0.15) is 0 Å². The quantitative estimate of drug-likeness (QED) is 0.668. The van der Waals surface area contributed by atoms with Gasteiger partial charge in [-0.05, 0) is 13.3 Å². The molecule has 0 spiro atoms. The van der Waals surface area contributed by atoms with Gasteiger partial charge in [0.15, 0.2) is 0 Å². The fourth-order valence-electron chi connectivity index (χ4n) is 1.65. The van der Waals surface area contributed by atoms with Crippen LogP contribution in [0, 0.1) is 0 Å². The van der Waals surface area contributed by atoms with Gasteiger partial charge in [-0.25, -0.2) is 28.1 Å². The Bertz CT molecular complexity index is 577. The molecular weight excluding hydrogens is 222 g/mol. The second-order valence-electron chi connectivity index (χ2n) is 3.64. The number of aromatic nitrogens is 3. The molecule has 0 unspecified atom stereocenters. The van der Waals surface area contributed by atoms with Crippen LogP contribution in [0.15, 0.2) is 27.0 Å². The van der Waals surface area contributed by atoms with E-state index < -0.39 is 17.1 Å². The van der Waals surface area contributed by atoms with E-state index in [9.17, 15) is 14.4 Å². The van der Waals surface area contributed by atoms with Gasteiger partial charge in [0.1, 0.15) is 0 Å². The van der Waals surface area contributed by atoms with Crippen LogP contribution in [0.2, 0.25) is 0 Å². The minimum Gasteiger partial charge on any atom is -0.247 e. The van der Waals surface area contributed by atoms with Gasteiger partial charge in [-0.3, -0.25) is 0 Å². The van der Waals surface area contributed by atoms with Crippen LogP contribution in [-0.2, 0) is 19.6 Å². The van der Waals surface area contributed by atoms with E-state index in [1.54, 1.807) is 6.92 Å². The first-order chi connectivity index (χ1) is 8.08. The fraction of sp³-hybridized carbons (Fsp3) is 0.545. The maximum atomic E-state index is 11.9. The molecule has 0 aliphatic carbocycles. The number of hydrogen-bond donors (Lipinski definition) is 0. The summed E-state index contributed by atoms with van der Waals surface area (Å²) in [4.78, 5) is 35.7. The molecule has 0 N–H and O–H groups in total. The van der Waals surface area contributed by atoms with E-state index in [0.29, 0.717) is 13.0 Å². The number of rotatable bonds is 5. The molecule has 0 aliphatic heterocycles. The summed E-state index contributed by atoms with van der Waals surface area (Å²) < 4.78 is 3.17. The van der Waals surface area contributed by atoms with E-state index in [0.717, 1.165) is 13.7 Å². The van der Waals surface area contributed by atoms with E-state index in [1.807, 2.05) is 6.92 Å². The lowest BCUT2D eigenvalue weighted by Gasteiger charge is -2.10. The van der Waals surface area contributed by atoms with Crippen molar-refractivity contribution in [3.63, 3.8) is 0 Å². The van der Waals surface area contributed by atoms with Crippen molar-refractivity contribution in [1.82, 2.24) is 13.7 Å². The Morgan fingerprint density at radius 3 is 2.00 bits per heavy atom. The molecule has 0 aliphatic rings. The van der Waals surface area contributed by atoms with Gasteiger partial charge < -0.3 is 0 Å². The molecule has 0 saturated heterocycles. The van der Waals surface area contributed by atoms with Crippen molar-refractivity contribution < 1.29 is 0 Å². The zero-order valence-electron chi connectivity index (χ0n) is 10.2. The topological polar surface area (TPSA) is 66.0 Å². The molecule has 94 valence electrons. The van der Waals surface area contributed by atoms with Gasteiger partial charge in [0, 0.05) is 13.1 Å². The molecule has 1 aromatic heterocycles. The minimum atomic E-state index is -0.574. The van der Waals surface area contributed by atoms with Crippen LogP contribution in [0.25, 0.3) is 0 Å². The van der Waals surface area contributed by atoms with Crippen molar-refractivity contribution >= 4 is 0 Å². The Kier molecular flexibility index (Phi) is 4.25. The standard InChI is InChI=1S/C11H17N3O3/c1-4-7-13-9(15)12(6-3)10(16)14(8-5-2)11(13)17/h4H,1,5-8H2,2-3H3. The van der Waals surface area contributed by atoms with E-state index in [4.69, 9.17) is 0 Å². The van der Waals surface area contributed by atoms with Crippen LogP contribution < -0.4 is 17.1 Å². The molecule has 0 saturated carbocycles. The Morgan fingerprint density at radius 2 is 1.53 bits per heavy atom. The molecule has 0 radical (unpaired) electrons. The number of hydrogen-bond acceptors (Lipinski definition) is 3. The Balaban J connectivity index is 3.69. The maximum absolute atomic E-state index is 11.9. The highest BCUT2D eigenvalue weighted by Gasteiger charge is 2.12. The van der Waals surface area contributed by atoms with E-state index in [-0.39, 0.29) is 13.1 Å². The summed E-state index contributed by atoms with van der Waals surface area (Å²) in [7, 11) is 0. The fourth-order valence-corrected chi connectivity index (χ4v) is 1.65. The third-order valence-corrected chi connectivity index (χ3v) is 2.46. The van der Waals surface area contributed by atoms with E-state index in [1.165, 1.54) is 6.08 Å². The number of nitrogens with zero attached hydrogens (tertiary/aromatic N) is 3. The lowest BCUT2D eigenvalue weighted by atomic mass is 10.5. The maximum Gasteiger partial charge on any atom is 0.336 e. The van der Waals surface area contributed by atoms with Crippen LogP contribution >= 0.6 is 0 Å². The van der Waals surface area contributed by atoms with Gasteiger partial charge >= 0.3 is 17.1 Å². The summed E-state index contributed by atoms with van der Waals surface area (Å²) in [5.74, 6) is 0. The predicted octanol–water partition coefficient (Wildman–Crippen LogP) is -0.212. The zero-order chi connectivity index (χ0) is 13.0. The van der Waals surface area contributed by atoms with Crippen LogP contribution in [0.5, 0.6) is 0 Å². The third-order valence-electron chi connectivity index (χ3n) is 2.46. The molecule has 0 aromatic carbocycles. The van der Waals surface area contributed by atoms with Gasteiger partial charge in [-0.1, -0.05) is 13.0 Å². The van der Waals surface area contributed by atoms with Gasteiger partial charge in [0.25, 0.3) is 0 Å². The van der Waals surface area contributed by atoms with E-state index in [2.05, 4.69) is 6.58 Å². The average Bonchev–Trinajstić information content (AvgIpc) is 2.31. The first-order valence-corrected chi connectivity index (χ1v) is 5.63. The first-order valence-electron chi connectivity index (χ1n) is 5.63. The largest absolute Gasteiger partial charge is 0.336 e. The lowest BCUT2D eigenvalue weighted by molar-refractivity contribution is 0.467. The normalized spacial score (nSPS) is 10.5. The summed E-state index contributed by atoms with van der Waals surface area (Å²) in [6.45, 7) is 7.74. The van der Waals surface area contributed by atoms with Gasteiger partial charge in [0.2, 0.25) is 0 Å². The summed E-state index contributed by atoms with van der Waals surface area (Å²) >= 11 is 0. The summed E-state index contributed by atoms with van der Waals surface area (Å²) in [6, 6.07) is 0. The predicted molar refractivity (Wildman–Crippen MR) is 65.4 cm³/mol. The Labute approximate surface area is 98.4 Å².